The molecule has 1 aliphatic heterocycles. The molecule has 1 rings (SSSR count). The van der Waals surface area contributed by atoms with Crippen molar-refractivity contribution in [2.24, 2.45) is 0 Å². The summed E-state index contributed by atoms with van der Waals surface area (Å²) in [7, 11) is -3.54. The van der Waals surface area contributed by atoms with Gasteiger partial charge in [-0.15, -0.1) is 6.58 Å². The molecule has 0 aromatic rings. The summed E-state index contributed by atoms with van der Waals surface area (Å²) >= 11 is 0. The second-order valence-electron chi connectivity index (χ2n) is 10.7. The van der Waals surface area contributed by atoms with Gasteiger partial charge in [0.15, 0.2) is 16.6 Å². The molecule has 0 spiro atoms. The molecule has 25 heavy (non-hydrogen) atoms. The molecule has 3 atom stereocenters. The Hall–Kier alpha value is 0.0538. The van der Waals surface area contributed by atoms with Crippen LogP contribution in [0.4, 0.5) is 0 Å². The predicted octanol–water partition coefficient (Wildman–Crippen LogP) is 5.71. The Kier molecular flexibility index (Phi) is 7.36. The van der Waals surface area contributed by atoms with E-state index in [0.29, 0.717) is 6.04 Å². The minimum absolute atomic E-state index is 0.229. The molecule has 0 aromatic carbocycles. The molecule has 148 valence electrons. The Labute approximate surface area is 159 Å². The van der Waals surface area contributed by atoms with Crippen molar-refractivity contribution in [1.29, 1.82) is 0 Å². The standard InChI is InChI=1S/C20H43NO2Si2/c1-12-16-13-14-18(23-25(10,11)20(5,6)7)17(21-16)15-22-24(8,9)19(2,3)4/h12,16-18,21H,1,13-15H2,2-11H3/t16-,17-,18+/m1/s1. The van der Waals surface area contributed by atoms with Crippen molar-refractivity contribution in [3.05, 3.63) is 12.7 Å². The lowest BCUT2D eigenvalue weighted by molar-refractivity contribution is 0.0664. The monoisotopic (exact) mass is 385 g/mol. The van der Waals surface area contributed by atoms with E-state index in [2.05, 4.69) is 79.6 Å². The zero-order valence-electron chi connectivity index (χ0n) is 18.5. The molecule has 0 saturated carbocycles. The highest BCUT2D eigenvalue weighted by atomic mass is 28.4. The first-order valence-electron chi connectivity index (χ1n) is 9.81. The van der Waals surface area contributed by atoms with E-state index < -0.39 is 16.6 Å². The van der Waals surface area contributed by atoms with Gasteiger partial charge in [-0.05, 0) is 49.1 Å². The summed E-state index contributed by atoms with van der Waals surface area (Å²) in [5, 5.41) is 4.19. The van der Waals surface area contributed by atoms with Gasteiger partial charge in [-0.25, -0.2) is 0 Å². The highest BCUT2D eigenvalue weighted by molar-refractivity contribution is 6.74. The Morgan fingerprint density at radius 3 is 1.92 bits per heavy atom. The number of hydrogen-bond donors (Lipinski definition) is 1. The molecule has 0 bridgehead atoms. The summed E-state index contributed by atoms with van der Waals surface area (Å²) in [4.78, 5) is 0. The second-order valence-corrected chi connectivity index (χ2v) is 20.2. The molecule has 1 aliphatic rings. The van der Waals surface area contributed by atoms with E-state index in [1.165, 1.54) is 0 Å². The molecule has 1 fully saturated rings. The lowest BCUT2D eigenvalue weighted by atomic mass is 9.96. The maximum absolute atomic E-state index is 6.78. The molecule has 5 heteroatoms. The quantitative estimate of drug-likeness (QED) is 0.469. The van der Waals surface area contributed by atoms with E-state index in [9.17, 15) is 0 Å². The third-order valence-corrected chi connectivity index (χ3v) is 15.6. The van der Waals surface area contributed by atoms with Gasteiger partial charge < -0.3 is 14.2 Å². The van der Waals surface area contributed by atoms with Crippen LogP contribution in [0.25, 0.3) is 0 Å². The highest BCUT2D eigenvalue weighted by Crippen LogP contribution is 2.40. The Balaban J connectivity index is 2.87. The van der Waals surface area contributed by atoms with Crippen LogP contribution in [0.1, 0.15) is 54.4 Å². The largest absolute Gasteiger partial charge is 0.415 e. The number of piperidine rings is 1. The molecule has 0 aliphatic carbocycles. The fraction of sp³-hybridized carbons (Fsp3) is 0.900. The zero-order valence-corrected chi connectivity index (χ0v) is 20.5. The van der Waals surface area contributed by atoms with Gasteiger partial charge >= 0.3 is 0 Å². The van der Waals surface area contributed by atoms with Gasteiger partial charge in [-0.1, -0.05) is 47.6 Å². The third-order valence-electron chi connectivity index (χ3n) is 6.61. The first-order valence-corrected chi connectivity index (χ1v) is 15.6. The van der Waals surface area contributed by atoms with Crippen molar-refractivity contribution in [3.63, 3.8) is 0 Å². The molecule has 0 amide bonds. The van der Waals surface area contributed by atoms with E-state index in [1.54, 1.807) is 0 Å². The van der Waals surface area contributed by atoms with Crippen LogP contribution in [0, 0.1) is 0 Å². The first-order chi connectivity index (χ1) is 11.1. The van der Waals surface area contributed by atoms with Crippen LogP contribution >= 0.6 is 0 Å². The fourth-order valence-corrected chi connectivity index (χ4v) is 4.98. The number of hydrogen-bond acceptors (Lipinski definition) is 3. The van der Waals surface area contributed by atoms with Crippen LogP contribution in [0.3, 0.4) is 0 Å². The van der Waals surface area contributed by atoms with Crippen molar-refractivity contribution in [3.8, 4) is 0 Å². The normalized spacial score (nSPS) is 26.6. The summed E-state index contributed by atoms with van der Waals surface area (Å²) in [6, 6.07) is 0.618. The molecule has 3 nitrogen and oxygen atoms in total. The average Bonchev–Trinajstić information content (AvgIpc) is 2.43. The van der Waals surface area contributed by atoms with E-state index in [4.69, 9.17) is 8.85 Å². The molecule has 1 saturated heterocycles. The van der Waals surface area contributed by atoms with Crippen LogP contribution in [0.15, 0.2) is 12.7 Å². The molecule has 0 aromatic heterocycles. The summed E-state index contributed by atoms with van der Waals surface area (Å²) in [5.41, 5.74) is 0. The van der Waals surface area contributed by atoms with Crippen molar-refractivity contribution in [2.45, 2.75) is 109 Å². The predicted molar refractivity (Wildman–Crippen MR) is 115 cm³/mol. The second kappa shape index (κ2) is 7.97. The molecular weight excluding hydrogens is 342 g/mol. The Bertz CT molecular complexity index is 450. The Morgan fingerprint density at radius 1 is 0.960 bits per heavy atom. The Morgan fingerprint density at radius 2 is 1.48 bits per heavy atom. The van der Waals surface area contributed by atoms with Gasteiger partial charge in [0.25, 0.3) is 0 Å². The van der Waals surface area contributed by atoms with Crippen molar-refractivity contribution >= 4 is 16.6 Å². The summed E-state index contributed by atoms with van der Waals surface area (Å²) in [6.45, 7) is 27.9. The van der Waals surface area contributed by atoms with E-state index in [-0.39, 0.29) is 22.2 Å². The van der Waals surface area contributed by atoms with Gasteiger partial charge in [0.1, 0.15) is 0 Å². The summed E-state index contributed by atoms with van der Waals surface area (Å²) < 4.78 is 13.3. The number of rotatable bonds is 6. The van der Waals surface area contributed by atoms with Gasteiger partial charge in [-0.2, -0.15) is 0 Å². The molecular formula is C20H43NO2Si2. The van der Waals surface area contributed by atoms with E-state index >= 15 is 0 Å². The van der Waals surface area contributed by atoms with Gasteiger partial charge in [0.2, 0.25) is 0 Å². The minimum atomic E-state index is -1.79. The van der Waals surface area contributed by atoms with Gasteiger partial charge in [0, 0.05) is 6.04 Å². The molecule has 0 radical (unpaired) electrons. The lowest BCUT2D eigenvalue weighted by Crippen LogP contribution is -2.58. The van der Waals surface area contributed by atoms with Crippen LogP contribution < -0.4 is 5.32 Å². The van der Waals surface area contributed by atoms with Crippen molar-refractivity contribution < 1.29 is 8.85 Å². The maximum atomic E-state index is 6.78. The van der Waals surface area contributed by atoms with Crippen LogP contribution in [0.2, 0.25) is 36.3 Å². The van der Waals surface area contributed by atoms with E-state index in [1.807, 2.05) is 6.08 Å². The van der Waals surface area contributed by atoms with Crippen molar-refractivity contribution in [2.75, 3.05) is 6.61 Å². The molecule has 1 N–H and O–H groups in total. The number of nitrogens with one attached hydrogen (secondary N) is 1. The first kappa shape index (κ1) is 23.1. The van der Waals surface area contributed by atoms with Crippen LogP contribution in [0.5, 0.6) is 0 Å². The van der Waals surface area contributed by atoms with Crippen molar-refractivity contribution in [1.82, 2.24) is 5.32 Å². The summed E-state index contributed by atoms with van der Waals surface area (Å²) in [5.74, 6) is 0. The molecule has 1 heterocycles. The highest BCUT2D eigenvalue weighted by Gasteiger charge is 2.43. The van der Waals surface area contributed by atoms with Gasteiger partial charge in [0.05, 0.1) is 18.8 Å². The lowest BCUT2D eigenvalue weighted by Gasteiger charge is -2.45. The van der Waals surface area contributed by atoms with Crippen LogP contribution in [-0.2, 0) is 8.85 Å². The SMILES string of the molecule is C=C[C@@H]1CC[C@H](O[Si](C)(C)C(C)(C)C)[C@@H](CO[Si](C)(C)C(C)(C)C)N1. The topological polar surface area (TPSA) is 30.5 Å². The molecule has 0 unspecified atom stereocenters. The average molecular weight is 386 g/mol. The van der Waals surface area contributed by atoms with E-state index in [0.717, 1.165) is 19.4 Å². The summed E-state index contributed by atoms with van der Waals surface area (Å²) in [6.07, 6.45) is 4.45. The maximum Gasteiger partial charge on any atom is 0.192 e. The zero-order chi connectivity index (χ0) is 19.7. The third kappa shape index (κ3) is 6.03. The van der Waals surface area contributed by atoms with Crippen LogP contribution in [-0.4, -0.2) is 41.4 Å². The fourth-order valence-electron chi connectivity index (χ4n) is 2.56. The van der Waals surface area contributed by atoms with Gasteiger partial charge in [-0.3, -0.25) is 0 Å². The minimum Gasteiger partial charge on any atom is -0.415 e. The smallest absolute Gasteiger partial charge is 0.192 e.